The van der Waals surface area contributed by atoms with Gasteiger partial charge in [-0.2, -0.15) is 0 Å². The van der Waals surface area contributed by atoms with Gasteiger partial charge in [0.1, 0.15) is 0 Å². The van der Waals surface area contributed by atoms with Crippen molar-refractivity contribution in [1.29, 1.82) is 0 Å². The molecule has 0 bridgehead atoms. The number of H-pyrrole nitrogens is 1. The minimum Gasteiger partial charge on any atom is -0.385 e. The highest BCUT2D eigenvalue weighted by Gasteiger charge is 2.28. The van der Waals surface area contributed by atoms with Gasteiger partial charge in [-0.15, -0.1) is 0 Å². The summed E-state index contributed by atoms with van der Waals surface area (Å²) in [4.78, 5) is 33.7. The van der Waals surface area contributed by atoms with E-state index >= 15 is 0 Å². The molecule has 1 N–H and O–H groups in total. The monoisotopic (exact) mass is 488 g/mol. The highest BCUT2D eigenvalue weighted by atomic mass is 32.1. The molecule has 2 fully saturated rings. The van der Waals surface area contributed by atoms with Crippen LogP contribution in [0.5, 0.6) is 0 Å². The third-order valence-electron chi connectivity index (χ3n) is 6.87. The number of aromatic nitrogens is 2. The maximum atomic E-state index is 13.2. The Morgan fingerprint density at radius 2 is 1.91 bits per heavy atom. The molecule has 186 valence electrons. The van der Waals surface area contributed by atoms with Crippen molar-refractivity contribution in [3.8, 4) is 0 Å². The number of fused-ring (bicyclic) bond motifs is 1. The van der Waals surface area contributed by atoms with Crippen LogP contribution in [0.25, 0.3) is 10.9 Å². The predicted molar refractivity (Wildman–Crippen MR) is 135 cm³/mol. The first-order chi connectivity index (χ1) is 16.4. The molecular formula is C25H36N4O4S. The number of piperidine rings is 1. The number of nitrogens with zero attached hydrogens (tertiary/aromatic N) is 3. The number of hydrogen-bond donors (Lipinski definition) is 1. The first-order valence-corrected chi connectivity index (χ1v) is 12.7. The zero-order chi connectivity index (χ0) is 24.2. The average Bonchev–Trinajstić information content (AvgIpc) is 2.80. The normalized spacial score (nSPS) is 22.4. The number of carbonyl (C=O) groups excluding carboxylic acids is 1. The SMILES string of the molecule is COCCCn1c(=S)[nH]c2cc(C(=O)N3CCC(CN4CC(C)OC(C)C4)CC3)ccc2c1=O. The highest BCUT2D eigenvalue weighted by Crippen LogP contribution is 2.23. The summed E-state index contributed by atoms with van der Waals surface area (Å²) in [5.74, 6) is 0.614. The molecule has 2 aliphatic rings. The molecule has 1 aromatic carbocycles. The molecule has 0 saturated carbocycles. The van der Waals surface area contributed by atoms with E-state index in [-0.39, 0.29) is 23.7 Å². The molecule has 8 nitrogen and oxygen atoms in total. The number of carbonyl (C=O) groups is 1. The van der Waals surface area contributed by atoms with Crippen molar-refractivity contribution in [3.63, 3.8) is 0 Å². The summed E-state index contributed by atoms with van der Waals surface area (Å²) in [6.07, 6.45) is 3.28. The summed E-state index contributed by atoms with van der Waals surface area (Å²) >= 11 is 5.40. The molecule has 2 atom stereocenters. The van der Waals surface area contributed by atoms with Crippen molar-refractivity contribution in [1.82, 2.24) is 19.4 Å². The summed E-state index contributed by atoms with van der Waals surface area (Å²) in [6, 6.07) is 5.25. The number of methoxy groups -OCH3 is 1. The largest absolute Gasteiger partial charge is 0.385 e. The van der Waals surface area contributed by atoms with E-state index in [9.17, 15) is 9.59 Å². The van der Waals surface area contributed by atoms with Crippen molar-refractivity contribution in [3.05, 3.63) is 38.9 Å². The molecule has 2 aliphatic heterocycles. The van der Waals surface area contributed by atoms with E-state index in [1.807, 2.05) is 4.90 Å². The van der Waals surface area contributed by atoms with Gasteiger partial charge in [-0.25, -0.2) is 0 Å². The fourth-order valence-corrected chi connectivity index (χ4v) is 5.54. The van der Waals surface area contributed by atoms with Crippen LogP contribution < -0.4 is 5.56 Å². The Morgan fingerprint density at radius 1 is 1.21 bits per heavy atom. The van der Waals surface area contributed by atoms with Gasteiger partial charge in [0.05, 0.1) is 23.1 Å². The summed E-state index contributed by atoms with van der Waals surface area (Å²) in [5.41, 5.74) is 1.06. The molecule has 34 heavy (non-hydrogen) atoms. The molecule has 3 heterocycles. The number of morpholine rings is 1. The predicted octanol–water partition coefficient (Wildman–Crippen LogP) is 3.06. The fourth-order valence-electron chi connectivity index (χ4n) is 5.26. The number of likely N-dealkylation sites (tertiary alicyclic amines) is 1. The van der Waals surface area contributed by atoms with Crippen molar-refractivity contribution in [2.24, 2.45) is 5.92 Å². The molecular weight excluding hydrogens is 452 g/mol. The van der Waals surface area contributed by atoms with Crippen LogP contribution in [0.1, 0.15) is 43.5 Å². The Bertz CT molecular complexity index is 1110. The molecule has 0 spiro atoms. The average molecular weight is 489 g/mol. The first kappa shape index (κ1) is 25.0. The number of amides is 1. The van der Waals surface area contributed by atoms with E-state index in [1.54, 1.807) is 29.9 Å². The molecule has 0 radical (unpaired) electrons. The lowest BCUT2D eigenvalue weighted by Crippen LogP contribution is -2.48. The topological polar surface area (TPSA) is 79.8 Å². The lowest BCUT2D eigenvalue weighted by Gasteiger charge is -2.39. The number of hydrogen-bond acceptors (Lipinski definition) is 6. The Morgan fingerprint density at radius 3 is 2.59 bits per heavy atom. The van der Waals surface area contributed by atoms with Crippen LogP contribution in [-0.4, -0.2) is 83.9 Å². The number of rotatable bonds is 7. The van der Waals surface area contributed by atoms with E-state index < -0.39 is 0 Å². The Labute approximate surface area is 205 Å². The summed E-state index contributed by atoms with van der Waals surface area (Å²) < 4.78 is 12.8. The third-order valence-corrected chi connectivity index (χ3v) is 7.19. The number of benzene rings is 1. The zero-order valence-electron chi connectivity index (χ0n) is 20.4. The first-order valence-electron chi connectivity index (χ1n) is 12.3. The van der Waals surface area contributed by atoms with Crippen molar-refractivity contribution >= 4 is 29.0 Å². The Balaban J connectivity index is 1.40. The molecule has 2 unspecified atom stereocenters. The van der Waals surface area contributed by atoms with Gasteiger partial charge in [-0.05, 0) is 69.4 Å². The van der Waals surface area contributed by atoms with Gasteiger partial charge in [-0.3, -0.25) is 19.1 Å². The molecule has 1 amide bonds. The second-order valence-electron chi connectivity index (χ2n) is 9.71. The van der Waals surface area contributed by atoms with Gasteiger partial charge >= 0.3 is 0 Å². The van der Waals surface area contributed by atoms with E-state index in [0.29, 0.717) is 46.7 Å². The minimum atomic E-state index is -0.138. The second kappa shape index (κ2) is 11.1. The maximum Gasteiger partial charge on any atom is 0.262 e. The van der Waals surface area contributed by atoms with E-state index in [0.717, 1.165) is 45.6 Å². The van der Waals surface area contributed by atoms with Gasteiger partial charge in [0.25, 0.3) is 11.5 Å². The van der Waals surface area contributed by atoms with Crippen LogP contribution in [0, 0.1) is 10.7 Å². The van der Waals surface area contributed by atoms with Gasteiger partial charge in [0, 0.05) is 58.5 Å². The van der Waals surface area contributed by atoms with E-state index in [1.165, 1.54) is 0 Å². The van der Waals surface area contributed by atoms with Crippen molar-refractivity contribution < 1.29 is 14.3 Å². The molecule has 9 heteroatoms. The molecule has 4 rings (SSSR count). The maximum absolute atomic E-state index is 13.2. The summed E-state index contributed by atoms with van der Waals surface area (Å²) in [7, 11) is 1.63. The van der Waals surface area contributed by atoms with Gasteiger partial charge in [0.2, 0.25) is 0 Å². The van der Waals surface area contributed by atoms with Crippen molar-refractivity contribution in [2.45, 2.75) is 51.9 Å². The lowest BCUT2D eigenvalue weighted by molar-refractivity contribution is -0.0728. The van der Waals surface area contributed by atoms with Crippen LogP contribution in [0.4, 0.5) is 0 Å². The fraction of sp³-hybridized carbons (Fsp3) is 0.640. The van der Waals surface area contributed by atoms with E-state index in [4.69, 9.17) is 21.7 Å². The Hall–Kier alpha value is -2.07. The number of nitrogens with one attached hydrogen (secondary N) is 1. The molecule has 2 aromatic rings. The van der Waals surface area contributed by atoms with Crippen LogP contribution in [-0.2, 0) is 16.0 Å². The molecule has 0 aliphatic carbocycles. The highest BCUT2D eigenvalue weighted by molar-refractivity contribution is 7.71. The third kappa shape index (κ3) is 5.76. The number of aromatic amines is 1. The van der Waals surface area contributed by atoms with Crippen molar-refractivity contribution in [2.75, 3.05) is 46.4 Å². The minimum absolute atomic E-state index is 0.0116. The Kier molecular flexibility index (Phi) is 8.18. The van der Waals surface area contributed by atoms with E-state index in [2.05, 4.69) is 23.7 Å². The van der Waals surface area contributed by atoms with Crippen LogP contribution in [0.15, 0.2) is 23.0 Å². The standard InChI is InChI=1S/C25H36N4O4S/c1-17-14-27(15-18(2)33-17)16-19-7-10-28(11-8-19)23(30)20-5-6-21-22(13-20)26-25(34)29(24(21)31)9-4-12-32-3/h5-6,13,17-19H,4,7-12,14-16H2,1-3H3,(H,26,34). The second-order valence-corrected chi connectivity index (χ2v) is 10.1. The molecule has 1 aromatic heterocycles. The van der Waals surface area contributed by atoms with Gasteiger partial charge in [0.15, 0.2) is 4.77 Å². The van der Waals surface area contributed by atoms with Crippen LogP contribution >= 0.6 is 12.2 Å². The quantitative estimate of drug-likeness (QED) is 0.477. The summed E-state index contributed by atoms with van der Waals surface area (Å²) in [5, 5.41) is 0.537. The lowest BCUT2D eigenvalue weighted by atomic mass is 9.95. The molecule has 2 saturated heterocycles. The number of ether oxygens (including phenoxy) is 2. The smallest absolute Gasteiger partial charge is 0.262 e. The van der Waals surface area contributed by atoms with Crippen LogP contribution in [0.2, 0.25) is 0 Å². The van der Waals surface area contributed by atoms with Gasteiger partial charge < -0.3 is 19.4 Å². The summed E-state index contributed by atoms with van der Waals surface area (Å²) in [6.45, 7) is 9.88. The van der Waals surface area contributed by atoms with Gasteiger partial charge in [-0.1, -0.05) is 0 Å². The van der Waals surface area contributed by atoms with Crippen LogP contribution in [0.3, 0.4) is 0 Å². The zero-order valence-corrected chi connectivity index (χ0v) is 21.2.